The van der Waals surface area contributed by atoms with E-state index < -0.39 is 84.0 Å². The molecule has 0 radical (unpaired) electrons. The Kier molecular flexibility index (Phi) is 18.2. The van der Waals surface area contributed by atoms with Crippen LogP contribution in [0.3, 0.4) is 0 Å². The summed E-state index contributed by atoms with van der Waals surface area (Å²) in [6.45, 7) is 3.56. The molecule has 0 spiro atoms. The number of hydrogen-bond donors (Lipinski definition) is 8. The van der Waals surface area contributed by atoms with Crippen LogP contribution in [-0.2, 0) is 51.2 Å². The van der Waals surface area contributed by atoms with Crippen LogP contribution in [0.2, 0.25) is 0 Å². The van der Waals surface area contributed by atoms with Crippen LogP contribution >= 0.6 is 0 Å². The molecule has 1 fully saturated rings. The molecule has 0 aliphatic heterocycles. The Morgan fingerprint density at radius 1 is 0.656 bits per heavy atom. The number of benzene rings is 3. The summed E-state index contributed by atoms with van der Waals surface area (Å²) < 4.78 is 0. The molecule has 16 nitrogen and oxygen atoms in total. The summed E-state index contributed by atoms with van der Waals surface area (Å²) in [5.41, 5.74) is 6.78. The van der Waals surface area contributed by atoms with E-state index in [4.69, 9.17) is 5.73 Å². The Morgan fingerprint density at radius 2 is 1.23 bits per heavy atom. The minimum absolute atomic E-state index is 0.00115. The molecule has 0 heterocycles. The van der Waals surface area contributed by atoms with Crippen LogP contribution in [0.1, 0.15) is 89.2 Å². The zero-order valence-electron chi connectivity index (χ0n) is 34.7. The second-order valence-electron chi connectivity index (χ2n) is 16.2. The topological polar surface area (TPSA) is 263 Å². The first kappa shape index (κ1) is 47.4. The number of rotatable bonds is 23. The van der Waals surface area contributed by atoms with E-state index in [1.54, 1.807) is 50.2 Å². The molecular formula is C45H58N6O10. The average molecular weight is 843 g/mol. The van der Waals surface area contributed by atoms with Crippen LogP contribution in [0.4, 0.5) is 0 Å². The molecule has 4 rings (SSSR count). The lowest BCUT2D eigenvalue weighted by molar-refractivity contribution is -0.143. The van der Waals surface area contributed by atoms with Gasteiger partial charge in [0.15, 0.2) is 0 Å². The lowest BCUT2D eigenvalue weighted by atomic mass is 9.84. The number of carbonyl (C=O) groups excluding carboxylic acids is 6. The van der Waals surface area contributed by atoms with E-state index in [1.165, 1.54) is 0 Å². The van der Waals surface area contributed by atoms with E-state index in [9.17, 15) is 48.6 Å². The van der Waals surface area contributed by atoms with Crippen molar-refractivity contribution in [3.63, 3.8) is 0 Å². The van der Waals surface area contributed by atoms with Crippen molar-refractivity contribution in [3.8, 4) is 0 Å². The molecule has 328 valence electrons. The van der Waals surface area contributed by atoms with E-state index in [0.717, 1.165) is 42.9 Å². The van der Waals surface area contributed by atoms with Gasteiger partial charge >= 0.3 is 11.9 Å². The van der Waals surface area contributed by atoms with Gasteiger partial charge in [0.25, 0.3) is 0 Å². The van der Waals surface area contributed by atoms with Crippen molar-refractivity contribution in [1.29, 1.82) is 0 Å². The Morgan fingerprint density at radius 3 is 1.89 bits per heavy atom. The van der Waals surface area contributed by atoms with Crippen molar-refractivity contribution in [2.75, 3.05) is 0 Å². The summed E-state index contributed by atoms with van der Waals surface area (Å²) in [6, 6.07) is 14.8. The molecule has 3 aromatic carbocycles. The summed E-state index contributed by atoms with van der Waals surface area (Å²) in [4.78, 5) is 105. The monoisotopic (exact) mass is 842 g/mol. The lowest BCUT2D eigenvalue weighted by Gasteiger charge is -2.29. The maximum atomic E-state index is 14.1. The fourth-order valence-electron chi connectivity index (χ4n) is 7.63. The summed E-state index contributed by atoms with van der Waals surface area (Å²) in [5, 5.41) is 34.3. The predicted molar refractivity (Wildman–Crippen MR) is 226 cm³/mol. The maximum absolute atomic E-state index is 14.1. The Balaban J connectivity index is 1.53. The molecule has 1 saturated carbocycles. The van der Waals surface area contributed by atoms with Crippen molar-refractivity contribution < 1.29 is 48.6 Å². The predicted octanol–water partition coefficient (Wildman–Crippen LogP) is 2.89. The standard InChI is InChI=1S/C45H58N6O10/c1-27(2)22-34(42(57)51-37(45(60)61)24-29-14-7-4-8-15-29)48-44(59)36(26-40(54)55)50-43(58)35(23-28-12-5-3-6-13-28)49-41(56)33(20-21-38(46)52)47-39(53)25-31-18-11-17-30-16-9-10-19-32(30)31/h4,7-11,14-19,27-28,33-37H,3,5-6,12-13,20-26H2,1-2H3,(H2,46,52)(H,47,53)(H,48,59)(H,49,56)(H,50,58)(H,51,57)(H,54,55)(H,60,61)/t33-,34-,35-,36-,37-/m0/s1. The highest BCUT2D eigenvalue weighted by atomic mass is 16.4. The van der Waals surface area contributed by atoms with Crippen LogP contribution in [0.25, 0.3) is 10.8 Å². The van der Waals surface area contributed by atoms with Crippen LogP contribution in [0, 0.1) is 11.8 Å². The first-order valence-electron chi connectivity index (χ1n) is 20.8. The highest BCUT2D eigenvalue weighted by molar-refractivity contribution is 5.98. The van der Waals surface area contributed by atoms with Gasteiger partial charge in [0.2, 0.25) is 35.4 Å². The van der Waals surface area contributed by atoms with Gasteiger partial charge in [-0.3, -0.25) is 33.6 Å². The molecule has 0 aromatic heterocycles. The second kappa shape index (κ2) is 23.5. The molecule has 9 N–H and O–H groups in total. The number of fused-ring (bicyclic) bond motifs is 1. The van der Waals surface area contributed by atoms with Crippen molar-refractivity contribution in [3.05, 3.63) is 83.9 Å². The van der Waals surface area contributed by atoms with E-state index in [0.29, 0.717) is 11.1 Å². The molecule has 1 aliphatic rings. The fourth-order valence-corrected chi connectivity index (χ4v) is 7.63. The minimum atomic E-state index is -1.70. The van der Waals surface area contributed by atoms with Gasteiger partial charge in [-0.25, -0.2) is 4.79 Å². The Hall–Kier alpha value is -6.32. The summed E-state index contributed by atoms with van der Waals surface area (Å²) in [5.74, 6) is -7.59. The molecular weight excluding hydrogens is 785 g/mol. The number of nitrogens with one attached hydrogen (secondary N) is 5. The number of carboxylic acid groups (broad SMARTS) is 2. The van der Waals surface area contributed by atoms with Gasteiger partial charge in [-0.1, -0.05) is 119 Å². The third-order valence-corrected chi connectivity index (χ3v) is 10.7. The maximum Gasteiger partial charge on any atom is 0.326 e. The summed E-state index contributed by atoms with van der Waals surface area (Å²) in [7, 11) is 0. The van der Waals surface area contributed by atoms with Crippen molar-refractivity contribution >= 4 is 58.2 Å². The first-order chi connectivity index (χ1) is 29.1. The van der Waals surface area contributed by atoms with Crippen molar-refractivity contribution in [2.24, 2.45) is 17.6 Å². The molecule has 5 atom stereocenters. The van der Waals surface area contributed by atoms with Crippen LogP contribution in [-0.4, -0.2) is 87.8 Å². The van der Waals surface area contributed by atoms with Gasteiger partial charge < -0.3 is 42.5 Å². The second-order valence-corrected chi connectivity index (χ2v) is 16.2. The normalized spacial score (nSPS) is 15.3. The summed E-state index contributed by atoms with van der Waals surface area (Å²) >= 11 is 0. The minimum Gasteiger partial charge on any atom is -0.481 e. The van der Waals surface area contributed by atoms with Crippen LogP contribution in [0.5, 0.6) is 0 Å². The molecule has 0 saturated heterocycles. The Bertz CT molecular complexity index is 2010. The smallest absolute Gasteiger partial charge is 0.326 e. The van der Waals surface area contributed by atoms with E-state index in [1.807, 2.05) is 36.4 Å². The molecule has 16 heteroatoms. The molecule has 3 aromatic rings. The highest BCUT2D eigenvalue weighted by Crippen LogP contribution is 2.28. The first-order valence-corrected chi connectivity index (χ1v) is 20.8. The van der Waals surface area contributed by atoms with E-state index >= 15 is 0 Å². The van der Waals surface area contributed by atoms with Crippen LogP contribution in [0.15, 0.2) is 72.8 Å². The number of nitrogens with two attached hydrogens (primary N) is 1. The zero-order chi connectivity index (χ0) is 44.5. The van der Waals surface area contributed by atoms with Gasteiger partial charge in [0, 0.05) is 12.8 Å². The van der Waals surface area contributed by atoms with Crippen molar-refractivity contribution in [1.82, 2.24) is 26.6 Å². The molecule has 0 bridgehead atoms. The zero-order valence-corrected chi connectivity index (χ0v) is 34.7. The van der Waals surface area contributed by atoms with Gasteiger partial charge in [-0.15, -0.1) is 0 Å². The number of primary amides is 1. The molecule has 0 unspecified atom stereocenters. The Labute approximate surface area is 355 Å². The highest BCUT2D eigenvalue weighted by Gasteiger charge is 2.35. The number of amides is 6. The quantitative estimate of drug-likeness (QED) is 0.0692. The fraction of sp³-hybridized carbons (Fsp3) is 0.467. The van der Waals surface area contributed by atoms with Crippen LogP contribution < -0.4 is 32.3 Å². The van der Waals surface area contributed by atoms with Gasteiger partial charge in [0.1, 0.15) is 30.2 Å². The lowest BCUT2D eigenvalue weighted by Crippen LogP contribution is -2.59. The van der Waals surface area contributed by atoms with Gasteiger partial charge in [-0.2, -0.15) is 0 Å². The number of aliphatic carboxylic acids is 2. The SMILES string of the molecule is CC(C)C[C@H](NC(=O)[C@H](CC(=O)O)NC(=O)[C@H](CC1CCCCC1)NC(=O)[C@H](CCC(N)=O)NC(=O)Cc1cccc2ccccc12)C(=O)N[C@@H](Cc1ccccc1)C(=O)O. The largest absolute Gasteiger partial charge is 0.481 e. The third-order valence-electron chi connectivity index (χ3n) is 10.7. The molecule has 61 heavy (non-hydrogen) atoms. The van der Waals surface area contributed by atoms with Crippen molar-refractivity contribution in [2.45, 2.75) is 121 Å². The summed E-state index contributed by atoms with van der Waals surface area (Å²) in [6.07, 6.45) is 3.11. The average Bonchev–Trinajstić information content (AvgIpc) is 3.21. The molecule has 6 amide bonds. The molecule has 1 aliphatic carbocycles. The van der Waals surface area contributed by atoms with Gasteiger partial charge in [-0.05, 0) is 53.0 Å². The third kappa shape index (κ3) is 15.7. The number of carbonyl (C=O) groups is 8. The van der Waals surface area contributed by atoms with Gasteiger partial charge in [0.05, 0.1) is 12.8 Å². The van der Waals surface area contributed by atoms with E-state index in [-0.39, 0.29) is 50.4 Å². The number of carboxylic acids is 2. The van der Waals surface area contributed by atoms with E-state index in [2.05, 4.69) is 26.6 Å². The number of hydrogen-bond acceptors (Lipinski definition) is 8.